The molecule has 4 aromatic heterocycles. The van der Waals surface area contributed by atoms with Crippen LogP contribution in [0.3, 0.4) is 0 Å². The zero-order chi connectivity index (χ0) is 51.2. The van der Waals surface area contributed by atoms with E-state index in [0.717, 1.165) is 63.0 Å². The van der Waals surface area contributed by atoms with E-state index in [1.165, 1.54) is 60.8 Å². The Balaban J connectivity index is 0.000000172. The van der Waals surface area contributed by atoms with Crippen LogP contribution in [0.25, 0.3) is 78.0 Å². The predicted octanol–water partition coefficient (Wildman–Crippen LogP) is 18.1. The smallest absolute Gasteiger partial charge is 0.144 e. The molecule has 0 saturated heterocycles. The monoisotopic (exact) mass is 1150 g/mol. The summed E-state index contributed by atoms with van der Waals surface area (Å²) in [5, 5.41) is 3.74. The van der Waals surface area contributed by atoms with Crippen LogP contribution in [0.15, 0.2) is 193 Å². The van der Waals surface area contributed by atoms with Crippen LogP contribution in [-0.4, -0.2) is 23.0 Å². The number of furan rings is 1. The third-order valence-corrected chi connectivity index (χ3v) is 15.0. The molecule has 0 atom stereocenters. The number of hydrogen-bond donors (Lipinski definition) is 0. The molecule has 0 bridgehead atoms. The van der Waals surface area contributed by atoms with Crippen molar-refractivity contribution in [2.24, 2.45) is 10.8 Å². The largest absolute Gasteiger partial charge is 0.455 e. The van der Waals surface area contributed by atoms with Gasteiger partial charge in [0.05, 0.1) is 25.2 Å². The Kier molecular flexibility index (Phi) is 17.2. The van der Waals surface area contributed by atoms with Gasteiger partial charge in [-0.1, -0.05) is 189 Å². The van der Waals surface area contributed by atoms with Crippen LogP contribution in [0.4, 0.5) is 0 Å². The molecule has 0 amide bonds. The first-order valence-electron chi connectivity index (χ1n) is 25.4. The van der Waals surface area contributed by atoms with Crippen LogP contribution >= 0.6 is 0 Å². The fourth-order valence-corrected chi connectivity index (χ4v) is 11.2. The third-order valence-electron chi connectivity index (χ3n) is 13.0. The molecule has 0 N–H and O–H groups in total. The number of para-hydroxylation sites is 1. The fraction of sp³-hybridized carbons (Fsp3) is 0.239. The second-order valence-electron chi connectivity index (χ2n) is 22.7. The third kappa shape index (κ3) is 13.7. The van der Waals surface area contributed by atoms with Crippen molar-refractivity contribution in [2.45, 2.75) is 94.8 Å². The number of benzene rings is 6. The Morgan fingerprint density at radius 2 is 1.01 bits per heavy atom. The van der Waals surface area contributed by atoms with E-state index in [9.17, 15) is 0 Å². The molecule has 10 rings (SSSR count). The molecule has 4 heterocycles. The number of fused-ring (bicyclic) bond motifs is 3. The Morgan fingerprint density at radius 3 is 1.59 bits per heavy atom. The molecular weight excluding hydrogens is 1080 g/mol. The van der Waals surface area contributed by atoms with E-state index in [1.54, 1.807) is 0 Å². The minimum Gasteiger partial charge on any atom is -0.455 e. The molecule has 4 nitrogen and oxygen atoms in total. The van der Waals surface area contributed by atoms with Crippen molar-refractivity contribution in [3.05, 3.63) is 216 Å². The molecule has 10 aromatic rings. The van der Waals surface area contributed by atoms with E-state index in [0.29, 0.717) is 10.8 Å². The zero-order valence-corrected chi connectivity index (χ0v) is 48.3. The number of rotatable bonds is 8. The molecule has 0 aliphatic heterocycles. The van der Waals surface area contributed by atoms with E-state index < -0.39 is 8.07 Å². The summed E-state index contributed by atoms with van der Waals surface area (Å²) in [7, 11) is -1.36. The van der Waals surface area contributed by atoms with Gasteiger partial charge in [0.15, 0.2) is 0 Å². The van der Waals surface area contributed by atoms with Crippen molar-refractivity contribution >= 4 is 35.2 Å². The van der Waals surface area contributed by atoms with E-state index in [4.69, 9.17) is 14.4 Å². The molecule has 6 heteroatoms. The summed E-state index contributed by atoms with van der Waals surface area (Å²) in [5.74, 6) is 0. The Bertz CT molecular complexity index is 3420. The summed E-state index contributed by atoms with van der Waals surface area (Å²) >= 11 is 0. The van der Waals surface area contributed by atoms with Crippen LogP contribution in [0.1, 0.15) is 69.4 Å². The zero-order valence-electron chi connectivity index (χ0n) is 44.9. The first kappa shape index (κ1) is 54.2. The van der Waals surface area contributed by atoms with Gasteiger partial charge in [0.2, 0.25) is 0 Å². The van der Waals surface area contributed by atoms with Crippen LogP contribution in [0, 0.1) is 31.6 Å². The first-order chi connectivity index (χ1) is 34.3. The second-order valence-corrected chi connectivity index (χ2v) is 27.8. The standard InChI is InChI=1S/C32H25NO.C19H27NSi.C16H19N.Ir/c1-20-9-7-10-21(2)31(20)24-15-16-25-26-13-8-14-27(32(26)34-30(25)18-24)29-17-22(3)28(19-33-29)23-11-5-4-6-12-23;1-19(2,3)13-16-12-17(15-10-8-7-9-11-15)20-14-18(16)21(4,5)6;1-16(2,3)12-13-9-10-17-15(11-13)14-7-5-4-6-8-14;/h4-19H,1-3H3;7-12,14H,13H2,1-6H3;4-11H,12H2,1-3H3;. The summed E-state index contributed by atoms with van der Waals surface area (Å²) in [6.07, 6.45) is 8.20. The van der Waals surface area contributed by atoms with Gasteiger partial charge in [-0.2, -0.15) is 0 Å². The maximum absolute atomic E-state index is 6.49. The molecule has 0 aliphatic rings. The minimum absolute atomic E-state index is 0. The van der Waals surface area contributed by atoms with Gasteiger partial charge in [-0.3, -0.25) is 15.0 Å². The summed E-state index contributed by atoms with van der Waals surface area (Å²) in [6, 6.07) is 59.3. The molecule has 0 fully saturated rings. The van der Waals surface area contributed by atoms with E-state index in [1.807, 2.05) is 36.7 Å². The van der Waals surface area contributed by atoms with Crippen LogP contribution in [-0.2, 0) is 32.9 Å². The maximum atomic E-state index is 6.49. The van der Waals surface area contributed by atoms with Crippen molar-refractivity contribution in [1.29, 1.82) is 0 Å². The number of aryl methyl sites for hydroxylation is 3. The van der Waals surface area contributed by atoms with Crippen LogP contribution in [0.2, 0.25) is 19.6 Å². The summed E-state index contributed by atoms with van der Waals surface area (Å²) in [4.78, 5) is 14.0. The minimum atomic E-state index is -1.36. The molecule has 0 aliphatic carbocycles. The van der Waals surface area contributed by atoms with Gasteiger partial charge in [-0.05, 0) is 137 Å². The van der Waals surface area contributed by atoms with Crippen molar-refractivity contribution in [3.8, 4) is 56.0 Å². The molecule has 1 radical (unpaired) electrons. The van der Waals surface area contributed by atoms with Crippen LogP contribution < -0.4 is 5.19 Å². The second kappa shape index (κ2) is 23.1. The van der Waals surface area contributed by atoms with Crippen molar-refractivity contribution < 1.29 is 24.5 Å². The van der Waals surface area contributed by atoms with Crippen molar-refractivity contribution in [3.63, 3.8) is 0 Å². The molecule has 6 aromatic carbocycles. The number of hydrogen-bond acceptors (Lipinski definition) is 4. The van der Waals surface area contributed by atoms with Gasteiger partial charge in [0.1, 0.15) is 11.2 Å². The first-order valence-corrected chi connectivity index (χ1v) is 28.9. The predicted molar refractivity (Wildman–Crippen MR) is 311 cm³/mol. The average Bonchev–Trinajstić information content (AvgIpc) is 3.72. The Morgan fingerprint density at radius 1 is 0.452 bits per heavy atom. The number of pyridine rings is 3. The molecule has 373 valence electrons. The molecule has 0 unspecified atom stereocenters. The normalized spacial score (nSPS) is 11.6. The summed E-state index contributed by atoms with van der Waals surface area (Å²) < 4.78 is 6.49. The molecule has 0 saturated carbocycles. The fourth-order valence-electron chi connectivity index (χ4n) is 9.67. The van der Waals surface area contributed by atoms with Gasteiger partial charge in [0.25, 0.3) is 0 Å². The van der Waals surface area contributed by atoms with Gasteiger partial charge in [-0.25, -0.2) is 0 Å². The van der Waals surface area contributed by atoms with Gasteiger partial charge < -0.3 is 4.42 Å². The SMILES string of the molecule is CC(C)(C)Cc1cc(-c2ccccc2)ncc1[Si](C)(C)C.CC(C)(C)Cc1ccnc(-c2ccccc2)c1.Cc1cc(-c2cccc3c2oc2cc(-c4c(C)cccc4C)ccc23)ncc1-c1ccccc1.[Ir]. The molecule has 0 spiro atoms. The number of nitrogens with zero attached hydrogens (tertiary/aromatic N) is 3. The molecular formula is C67H71IrN3OSi. The topological polar surface area (TPSA) is 51.8 Å². The van der Waals surface area contributed by atoms with Gasteiger partial charge >= 0.3 is 0 Å². The van der Waals surface area contributed by atoms with E-state index in [2.05, 4.69) is 239 Å². The van der Waals surface area contributed by atoms with Crippen molar-refractivity contribution in [2.75, 3.05) is 0 Å². The van der Waals surface area contributed by atoms with E-state index >= 15 is 0 Å². The Hall–Kier alpha value is -6.56. The van der Waals surface area contributed by atoms with Crippen LogP contribution in [0.5, 0.6) is 0 Å². The van der Waals surface area contributed by atoms with Crippen molar-refractivity contribution in [1.82, 2.24) is 15.0 Å². The summed E-state index contributed by atoms with van der Waals surface area (Å²) in [5.41, 5.74) is 20.3. The number of aromatic nitrogens is 3. The average molecular weight is 1150 g/mol. The quantitative estimate of drug-likeness (QED) is 0.142. The van der Waals surface area contributed by atoms with Gasteiger partial charge in [0, 0.05) is 71.7 Å². The van der Waals surface area contributed by atoms with E-state index in [-0.39, 0.29) is 20.1 Å². The maximum Gasteiger partial charge on any atom is 0.144 e. The molecule has 73 heavy (non-hydrogen) atoms. The van der Waals surface area contributed by atoms with Gasteiger partial charge in [-0.15, -0.1) is 0 Å². The Labute approximate surface area is 449 Å². The summed E-state index contributed by atoms with van der Waals surface area (Å²) in [6.45, 7) is 27.4.